The minimum atomic E-state index is -0.353. The van der Waals surface area contributed by atoms with Gasteiger partial charge in [0.05, 0.1) is 16.7 Å². The van der Waals surface area contributed by atoms with Crippen LogP contribution in [0.25, 0.3) is 0 Å². The van der Waals surface area contributed by atoms with Crippen LogP contribution in [-0.4, -0.2) is 9.91 Å². The first-order valence-corrected chi connectivity index (χ1v) is 6.42. The summed E-state index contributed by atoms with van der Waals surface area (Å²) in [6.45, 7) is 5.62. The lowest BCUT2D eigenvalue weighted by atomic mass is 10.1. The Hall–Kier alpha value is -2.43. The third kappa shape index (κ3) is 2.93. The molecule has 0 spiro atoms. The number of hydrogen-bond donors (Lipinski definition) is 1. The highest BCUT2D eigenvalue weighted by Gasteiger charge is 2.15. The van der Waals surface area contributed by atoms with Crippen LogP contribution in [0.15, 0.2) is 36.5 Å². The Labute approximate surface area is 117 Å². The van der Waals surface area contributed by atoms with Crippen LogP contribution in [0.5, 0.6) is 0 Å². The fourth-order valence-corrected chi connectivity index (χ4v) is 2.09. The van der Waals surface area contributed by atoms with Crippen LogP contribution in [-0.2, 0) is 0 Å². The van der Waals surface area contributed by atoms with Gasteiger partial charge in [-0.3, -0.25) is 15.1 Å². The Kier molecular flexibility index (Phi) is 3.98. The fourth-order valence-electron chi connectivity index (χ4n) is 2.09. The smallest absolute Gasteiger partial charge is 0.272 e. The van der Waals surface area contributed by atoms with Crippen LogP contribution in [0.1, 0.15) is 29.8 Å². The number of nitro benzene ring substituents is 1. The van der Waals surface area contributed by atoms with E-state index in [-0.39, 0.29) is 16.7 Å². The zero-order chi connectivity index (χ0) is 14.7. The van der Waals surface area contributed by atoms with Crippen LogP contribution < -0.4 is 5.32 Å². The largest absolute Gasteiger partial charge is 0.377 e. The Morgan fingerprint density at radius 2 is 2.00 bits per heavy atom. The molecule has 0 amide bonds. The molecule has 0 fully saturated rings. The molecule has 2 rings (SSSR count). The van der Waals surface area contributed by atoms with Crippen molar-refractivity contribution in [3.05, 3.63) is 63.5 Å². The number of nitrogens with one attached hydrogen (secondary N) is 1. The van der Waals surface area contributed by atoms with Gasteiger partial charge in [0.1, 0.15) is 0 Å². The average molecular weight is 271 g/mol. The molecule has 1 N–H and O–H groups in total. The molecule has 104 valence electrons. The van der Waals surface area contributed by atoms with E-state index in [1.165, 1.54) is 0 Å². The van der Waals surface area contributed by atoms with Gasteiger partial charge in [-0.1, -0.05) is 6.07 Å². The monoisotopic (exact) mass is 271 g/mol. The molecule has 1 aromatic carbocycles. The maximum Gasteiger partial charge on any atom is 0.272 e. The van der Waals surface area contributed by atoms with Gasteiger partial charge in [-0.05, 0) is 44.5 Å². The van der Waals surface area contributed by atoms with E-state index in [1.54, 1.807) is 19.2 Å². The molecule has 1 atom stereocenters. The van der Waals surface area contributed by atoms with Crippen molar-refractivity contribution in [1.82, 2.24) is 4.98 Å². The van der Waals surface area contributed by atoms with Crippen molar-refractivity contribution in [3.63, 3.8) is 0 Å². The second-order valence-electron chi connectivity index (χ2n) is 4.83. The van der Waals surface area contributed by atoms with Gasteiger partial charge in [0.2, 0.25) is 0 Å². The van der Waals surface area contributed by atoms with Crippen LogP contribution in [0.2, 0.25) is 0 Å². The van der Waals surface area contributed by atoms with Crippen LogP contribution >= 0.6 is 0 Å². The highest BCUT2D eigenvalue weighted by atomic mass is 16.6. The maximum atomic E-state index is 10.9. The van der Waals surface area contributed by atoms with Crippen LogP contribution in [0.3, 0.4) is 0 Å². The molecular weight excluding hydrogens is 254 g/mol. The minimum Gasteiger partial charge on any atom is -0.377 e. The van der Waals surface area contributed by atoms with Gasteiger partial charge in [0.25, 0.3) is 5.69 Å². The minimum absolute atomic E-state index is 0.0377. The van der Waals surface area contributed by atoms with E-state index < -0.39 is 0 Å². The third-order valence-electron chi connectivity index (χ3n) is 3.24. The predicted octanol–water partition coefficient (Wildman–Crippen LogP) is 3.78. The molecule has 0 bridgehead atoms. The summed E-state index contributed by atoms with van der Waals surface area (Å²) in [5, 5.41) is 14.3. The first-order chi connectivity index (χ1) is 9.49. The van der Waals surface area contributed by atoms with Crippen molar-refractivity contribution in [2.75, 3.05) is 5.32 Å². The molecule has 1 aromatic heterocycles. The lowest BCUT2D eigenvalue weighted by Crippen LogP contribution is -2.09. The third-order valence-corrected chi connectivity index (χ3v) is 3.24. The summed E-state index contributed by atoms with van der Waals surface area (Å²) < 4.78 is 0. The molecule has 2 aromatic rings. The van der Waals surface area contributed by atoms with E-state index in [4.69, 9.17) is 0 Å². The Morgan fingerprint density at radius 1 is 1.25 bits per heavy atom. The molecule has 5 heteroatoms. The summed E-state index contributed by atoms with van der Waals surface area (Å²) in [5.74, 6) is 0. The van der Waals surface area contributed by atoms with Gasteiger partial charge >= 0.3 is 0 Å². The number of pyridine rings is 1. The van der Waals surface area contributed by atoms with E-state index in [2.05, 4.69) is 10.3 Å². The molecule has 20 heavy (non-hydrogen) atoms. The van der Waals surface area contributed by atoms with Crippen LogP contribution in [0, 0.1) is 24.0 Å². The lowest BCUT2D eigenvalue weighted by Gasteiger charge is -2.17. The molecule has 0 saturated heterocycles. The summed E-state index contributed by atoms with van der Waals surface area (Å²) in [7, 11) is 0. The van der Waals surface area contributed by atoms with E-state index in [9.17, 15) is 10.1 Å². The lowest BCUT2D eigenvalue weighted by molar-refractivity contribution is -0.385. The van der Waals surface area contributed by atoms with Crippen molar-refractivity contribution in [3.8, 4) is 0 Å². The van der Waals surface area contributed by atoms with Crippen molar-refractivity contribution in [2.45, 2.75) is 26.8 Å². The van der Waals surface area contributed by atoms with Crippen molar-refractivity contribution in [1.29, 1.82) is 0 Å². The molecule has 1 heterocycles. The first-order valence-electron chi connectivity index (χ1n) is 6.42. The molecule has 0 aliphatic rings. The van der Waals surface area contributed by atoms with Gasteiger partial charge in [-0.15, -0.1) is 0 Å². The van der Waals surface area contributed by atoms with Gasteiger partial charge in [-0.25, -0.2) is 0 Å². The van der Waals surface area contributed by atoms with Gasteiger partial charge < -0.3 is 5.32 Å². The van der Waals surface area contributed by atoms with Crippen molar-refractivity contribution >= 4 is 11.4 Å². The average Bonchev–Trinajstić information content (AvgIpc) is 2.43. The normalized spacial score (nSPS) is 11.9. The predicted molar refractivity (Wildman–Crippen MR) is 78.8 cm³/mol. The molecule has 0 radical (unpaired) electrons. The number of rotatable bonds is 4. The van der Waals surface area contributed by atoms with E-state index in [0.717, 1.165) is 16.9 Å². The molecular formula is C15H17N3O2. The SMILES string of the molecule is Cc1cc([N+](=O)[O-])c(C)cc1NC(C)c1ccccn1. The Bertz CT molecular complexity index is 627. The number of aromatic nitrogens is 1. The maximum absolute atomic E-state index is 10.9. The number of hydrogen-bond acceptors (Lipinski definition) is 4. The van der Waals surface area contributed by atoms with Crippen molar-refractivity contribution < 1.29 is 4.92 Å². The quantitative estimate of drug-likeness (QED) is 0.678. The van der Waals surface area contributed by atoms with Crippen LogP contribution in [0.4, 0.5) is 11.4 Å². The van der Waals surface area contributed by atoms with E-state index in [0.29, 0.717) is 5.56 Å². The highest BCUT2D eigenvalue weighted by molar-refractivity contribution is 5.59. The standard InChI is InChI=1S/C15H17N3O2/c1-10-9-15(18(19)20)11(2)8-14(10)17-12(3)13-6-4-5-7-16-13/h4-9,12,17H,1-3H3. The number of nitrogens with zero attached hydrogens (tertiary/aromatic N) is 2. The molecule has 5 nitrogen and oxygen atoms in total. The van der Waals surface area contributed by atoms with Crippen molar-refractivity contribution in [2.24, 2.45) is 0 Å². The number of nitro groups is 1. The summed E-state index contributed by atoms with van der Waals surface area (Å²) in [6.07, 6.45) is 1.75. The molecule has 0 aliphatic carbocycles. The number of aryl methyl sites for hydroxylation is 2. The molecule has 0 saturated carbocycles. The molecule has 0 aliphatic heterocycles. The summed E-state index contributed by atoms with van der Waals surface area (Å²) in [5.41, 5.74) is 3.48. The topological polar surface area (TPSA) is 68.1 Å². The van der Waals surface area contributed by atoms with Gasteiger partial charge in [0, 0.05) is 23.5 Å². The first kappa shape index (κ1) is 14.0. The number of anilines is 1. The summed E-state index contributed by atoms with van der Waals surface area (Å²) in [6, 6.07) is 9.21. The fraction of sp³-hybridized carbons (Fsp3) is 0.267. The highest BCUT2D eigenvalue weighted by Crippen LogP contribution is 2.28. The molecule has 1 unspecified atom stereocenters. The Morgan fingerprint density at radius 3 is 2.60 bits per heavy atom. The second kappa shape index (κ2) is 5.69. The van der Waals surface area contributed by atoms with Gasteiger partial charge in [0.15, 0.2) is 0 Å². The van der Waals surface area contributed by atoms with Gasteiger partial charge in [-0.2, -0.15) is 0 Å². The number of benzene rings is 1. The summed E-state index contributed by atoms with van der Waals surface area (Å²) in [4.78, 5) is 14.9. The summed E-state index contributed by atoms with van der Waals surface area (Å²) >= 11 is 0. The second-order valence-corrected chi connectivity index (χ2v) is 4.83. The zero-order valence-corrected chi connectivity index (χ0v) is 11.8. The Balaban J connectivity index is 2.26. The van der Waals surface area contributed by atoms with E-state index in [1.807, 2.05) is 38.1 Å². The zero-order valence-electron chi connectivity index (χ0n) is 11.8. The van der Waals surface area contributed by atoms with E-state index >= 15 is 0 Å².